The van der Waals surface area contributed by atoms with E-state index in [0.717, 1.165) is 57.3 Å². The molecule has 2 unspecified atom stereocenters. The fourth-order valence-corrected chi connectivity index (χ4v) is 4.44. The maximum atomic E-state index is 11.9. The molecule has 3 fully saturated rings. The number of nitrogens with zero attached hydrogens (tertiary/aromatic N) is 5. The Morgan fingerprint density at radius 1 is 1.11 bits per heavy atom. The van der Waals surface area contributed by atoms with Gasteiger partial charge in [-0.05, 0) is 11.8 Å². The van der Waals surface area contributed by atoms with Gasteiger partial charge in [-0.15, -0.1) is 0 Å². The summed E-state index contributed by atoms with van der Waals surface area (Å²) in [5.74, 6) is 2.58. The van der Waals surface area contributed by atoms with Gasteiger partial charge >= 0.3 is 0 Å². The first kappa shape index (κ1) is 18.6. The van der Waals surface area contributed by atoms with Crippen molar-refractivity contribution in [1.29, 1.82) is 0 Å². The SMILES string of the molecule is CC(C)(C)c1cc(N2CC3CN(CCN4CCOCC4=O)CC3C2)ncn1. The van der Waals surface area contributed by atoms with Gasteiger partial charge in [0.25, 0.3) is 0 Å². The molecule has 3 aliphatic rings. The Kier molecular flexibility index (Phi) is 5.07. The van der Waals surface area contributed by atoms with E-state index < -0.39 is 0 Å². The summed E-state index contributed by atoms with van der Waals surface area (Å²) in [4.78, 5) is 27.7. The zero-order chi connectivity index (χ0) is 19.0. The quantitative estimate of drug-likeness (QED) is 0.785. The fraction of sp³-hybridized carbons (Fsp3) is 0.750. The normalized spacial score (nSPS) is 26.7. The lowest BCUT2D eigenvalue weighted by molar-refractivity contribution is -0.142. The van der Waals surface area contributed by atoms with Crippen LogP contribution in [0.1, 0.15) is 26.5 Å². The van der Waals surface area contributed by atoms with E-state index in [0.29, 0.717) is 18.4 Å². The molecular weight excluding hydrogens is 342 g/mol. The Morgan fingerprint density at radius 2 is 1.85 bits per heavy atom. The number of carbonyl (C=O) groups is 1. The van der Waals surface area contributed by atoms with Gasteiger partial charge in [-0.25, -0.2) is 9.97 Å². The standard InChI is InChI=1S/C20H31N5O2/c1-20(2,3)17-8-18(22-14-21-17)25-11-15-9-23(10-16(15)12-25)4-5-24-6-7-27-13-19(24)26/h8,14-16H,4-7,9-13H2,1-3H3. The van der Waals surface area contributed by atoms with Gasteiger partial charge in [-0.3, -0.25) is 4.79 Å². The number of ether oxygens (including phenoxy) is 1. The van der Waals surface area contributed by atoms with E-state index in [9.17, 15) is 4.79 Å². The van der Waals surface area contributed by atoms with Crippen molar-refractivity contribution in [3.05, 3.63) is 18.1 Å². The minimum atomic E-state index is 0.0427. The third-order valence-corrected chi connectivity index (χ3v) is 6.08. The molecule has 2 atom stereocenters. The highest BCUT2D eigenvalue weighted by atomic mass is 16.5. The van der Waals surface area contributed by atoms with Crippen LogP contribution in [0.25, 0.3) is 0 Å². The average Bonchev–Trinajstić information content (AvgIpc) is 3.19. The lowest BCUT2D eigenvalue weighted by Gasteiger charge is -2.29. The summed E-state index contributed by atoms with van der Waals surface area (Å²) in [6, 6.07) is 2.16. The summed E-state index contributed by atoms with van der Waals surface area (Å²) < 4.78 is 5.21. The van der Waals surface area contributed by atoms with E-state index in [1.807, 2.05) is 4.90 Å². The van der Waals surface area contributed by atoms with Crippen LogP contribution in [0.5, 0.6) is 0 Å². The summed E-state index contributed by atoms with van der Waals surface area (Å²) in [6.45, 7) is 14.4. The van der Waals surface area contributed by atoms with Gasteiger partial charge in [0.05, 0.1) is 12.3 Å². The number of morpholine rings is 1. The smallest absolute Gasteiger partial charge is 0.248 e. The Labute approximate surface area is 161 Å². The zero-order valence-electron chi connectivity index (χ0n) is 16.7. The molecule has 0 bridgehead atoms. The third-order valence-electron chi connectivity index (χ3n) is 6.08. The van der Waals surface area contributed by atoms with E-state index in [1.54, 1.807) is 6.33 Å². The van der Waals surface area contributed by atoms with Crippen molar-refractivity contribution in [2.75, 3.05) is 63.9 Å². The minimum absolute atomic E-state index is 0.0427. The van der Waals surface area contributed by atoms with Gasteiger partial charge in [-0.1, -0.05) is 20.8 Å². The summed E-state index contributed by atoms with van der Waals surface area (Å²) >= 11 is 0. The van der Waals surface area contributed by atoms with Crippen molar-refractivity contribution in [2.24, 2.45) is 11.8 Å². The van der Waals surface area contributed by atoms with Crippen molar-refractivity contribution in [2.45, 2.75) is 26.2 Å². The first-order valence-corrected chi connectivity index (χ1v) is 10.1. The number of hydrogen-bond acceptors (Lipinski definition) is 6. The average molecular weight is 374 g/mol. The number of likely N-dealkylation sites (tertiary alicyclic amines) is 1. The Balaban J connectivity index is 1.30. The monoisotopic (exact) mass is 373 g/mol. The Hall–Kier alpha value is -1.73. The maximum absolute atomic E-state index is 11.9. The van der Waals surface area contributed by atoms with E-state index >= 15 is 0 Å². The molecule has 148 valence electrons. The van der Waals surface area contributed by atoms with E-state index in [-0.39, 0.29) is 17.9 Å². The van der Waals surface area contributed by atoms with Crippen LogP contribution in [0.4, 0.5) is 5.82 Å². The molecule has 0 spiro atoms. The van der Waals surface area contributed by atoms with Crippen LogP contribution >= 0.6 is 0 Å². The van der Waals surface area contributed by atoms with Gasteiger partial charge < -0.3 is 19.4 Å². The predicted molar refractivity (Wildman–Crippen MR) is 104 cm³/mol. The second-order valence-electron chi connectivity index (χ2n) is 9.13. The molecule has 0 saturated carbocycles. The number of carbonyl (C=O) groups excluding carboxylic acids is 1. The topological polar surface area (TPSA) is 61.8 Å². The molecule has 27 heavy (non-hydrogen) atoms. The summed E-state index contributed by atoms with van der Waals surface area (Å²) in [7, 11) is 0. The molecule has 7 nitrogen and oxygen atoms in total. The summed E-state index contributed by atoms with van der Waals surface area (Å²) in [5.41, 5.74) is 1.14. The van der Waals surface area contributed by atoms with E-state index in [1.165, 1.54) is 0 Å². The highest BCUT2D eigenvalue weighted by molar-refractivity contribution is 5.77. The molecule has 3 saturated heterocycles. The molecule has 3 aliphatic heterocycles. The number of aromatic nitrogens is 2. The molecule has 0 aliphatic carbocycles. The first-order valence-electron chi connectivity index (χ1n) is 10.1. The lowest BCUT2D eigenvalue weighted by Crippen LogP contribution is -2.45. The minimum Gasteiger partial charge on any atom is -0.370 e. The molecule has 1 amide bonds. The van der Waals surface area contributed by atoms with Gasteiger partial charge in [0, 0.05) is 57.3 Å². The van der Waals surface area contributed by atoms with Crippen molar-refractivity contribution in [3.8, 4) is 0 Å². The van der Waals surface area contributed by atoms with E-state index in [4.69, 9.17) is 4.74 Å². The molecule has 7 heteroatoms. The molecule has 4 rings (SSSR count). The fourth-order valence-electron chi connectivity index (χ4n) is 4.44. The van der Waals surface area contributed by atoms with Gasteiger partial charge in [0.2, 0.25) is 5.91 Å². The van der Waals surface area contributed by atoms with E-state index in [2.05, 4.69) is 46.6 Å². The van der Waals surface area contributed by atoms with Crippen LogP contribution in [0.2, 0.25) is 0 Å². The molecule has 1 aromatic heterocycles. The maximum Gasteiger partial charge on any atom is 0.248 e. The summed E-state index contributed by atoms with van der Waals surface area (Å²) in [5, 5.41) is 0. The molecule has 0 radical (unpaired) electrons. The van der Waals surface area contributed by atoms with Crippen LogP contribution in [0.3, 0.4) is 0 Å². The van der Waals surface area contributed by atoms with Crippen molar-refractivity contribution in [1.82, 2.24) is 19.8 Å². The van der Waals surface area contributed by atoms with Gasteiger partial charge in [0.15, 0.2) is 0 Å². The van der Waals surface area contributed by atoms with Crippen LogP contribution in [0, 0.1) is 11.8 Å². The van der Waals surface area contributed by atoms with Crippen molar-refractivity contribution >= 4 is 11.7 Å². The highest BCUT2D eigenvalue weighted by Gasteiger charge is 2.40. The predicted octanol–water partition coefficient (Wildman–Crippen LogP) is 1.00. The number of amides is 1. The number of anilines is 1. The molecule has 0 N–H and O–H groups in total. The molecule has 1 aromatic rings. The summed E-state index contributed by atoms with van der Waals surface area (Å²) in [6.07, 6.45) is 1.70. The third kappa shape index (κ3) is 4.09. The van der Waals surface area contributed by atoms with Crippen molar-refractivity contribution in [3.63, 3.8) is 0 Å². The van der Waals surface area contributed by atoms with Crippen LogP contribution < -0.4 is 4.90 Å². The molecule has 0 aromatic carbocycles. The van der Waals surface area contributed by atoms with Gasteiger partial charge in [0.1, 0.15) is 18.8 Å². The van der Waals surface area contributed by atoms with Crippen LogP contribution in [-0.4, -0.2) is 84.7 Å². The Morgan fingerprint density at radius 3 is 2.52 bits per heavy atom. The van der Waals surface area contributed by atoms with Crippen molar-refractivity contribution < 1.29 is 9.53 Å². The largest absolute Gasteiger partial charge is 0.370 e. The highest BCUT2D eigenvalue weighted by Crippen LogP contribution is 2.34. The number of hydrogen-bond donors (Lipinski definition) is 0. The van der Waals surface area contributed by atoms with Crippen LogP contribution in [-0.2, 0) is 14.9 Å². The second kappa shape index (κ2) is 7.36. The number of rotatable bonds is 4. The first-order chi connectivity index (χ1) is 12.9. The zero-order valence-corrected chi connectivity index (χ0v) is 16.7. The lowest BCUT2D eigenvalue weighted by atomic mass is 9.92. The second-order valence-corrected chi connectivity index (χ2v) is 9.13. The Bertz CT molecular complexity index is 675. The molecular formula is C20H31N5O2. The van der Waals surface area contributed by atoms with Crippen LogP contribution in [0.15, 0.2) is 12.4 Å². The van der Waals surface area contributed by atoms with Gasteiger partial charge in [-0.2, -0.15) is 0 Å². The number of fused-ring (bicyclic) bond motifs is 1. The molecule has 4 heterocycles.